The molecule has 1 unspecified atom stereocenters. The van der Waals surface area contributed by atoms with Gasteiger partial charge in [-0.1, -0.05) is 28.2 Å². The van der Waals surface area contributed by atoms with Crippen LogP contribution >= 0.6 is 0 Å². The van der Waals surface area contributed by atoms with Gasteiger partial charge in [-0.15, -0.1) is 0 Å². The van der Waals surface area contributed by atoms with E-state index in [0.717, 1.165) is 6.54 Å². The Labute approximate surface area is 70.4 Å². The summed E-state index contributed by atoms with van der Waals surface area (Å²) in [6.45, 7) is 8.52. The fourth-order valence-electron chi connectivity index (χ4n) is 0.556. The molecule has 0 aliphatic heterocycles. The second-order valence-corrected chi connectivity index (χ2v) is 3.07. The van der Waals surface area contributed by atoms with Crippen molar-refractivity contribution < 1.29 is 4.79 Å². The van der Waals surface area contributed by atoms with Crippen LogP contribution in [-0.4, -0.2) is 18.4 Å². The predicted molar refractivity (Wildman–Crippen MR) is 49.7 cm³/mol. The van der Waals surface area contributed by atoms with Gasteiger partial charge in [-0.2, -0.15) is 0 Å². The Morgan fingerprint density at radius 3 is 2.09 bits per heavy atom. The Hall–Kier alpha value is -0.370. The Morgan fingerprint density at radius 1 is 1.36 bits per heavy atom. The van der Waals surface area contributed by atoms with E-state index in [4.69, 9.17) is 0 Å². The third kappa shape index (κ3) is 7.53. The fraction of sp³-hybridized carbons (Fsp3) is 0.889. The molecule has 0 spiro atoms. The van der Waals surface area contributed by atoms with Crippen LogP contribution < -0.4 is 5.32 Å². The van der Waals surface area contributed by atoms with Gasteiger partial charge in [0.05, 0.1) is 0 Å². The highest BCUT2D eigenvalue weighted by Crippen LogP contribution is 1.93. The molecule has 0 aromatic carbocycles. The zero-order chi connectivity index (χ0) is 8.15. The van der Waals surface area contributed by atoms with E-state index in [2.05, 4.69) is 19.2 Å². The molecule has 1 N–H and O–H groups in total. The van der Waals surface area contributed by atoms with Crippen LogP contribution in [-0.2, 0) is 4.79 Å². The monoisotopic (exact) mass is 159 g/mol. The molecule has 0 fully saturated rings. The van der Waals surface area contributed by atoms with Crippen molar-refractivity contribution in [2.45, 2.75) is 41.2 Å². The van der Waals surface area contributed by atoms with Crippen LogP contribution in [0.2, 0.25) is 0 Å². The zero-order valence-electron chi connectivity index (χ0n) is 7.27. The van der Waals surface area contributed by atoms with Crippen molar-refractivity contribution in [1.82, 2.24) is 5.32 Å². The lowest BCUT2D eigenvalue weighted by molar-refractivity contribution is -0.120. The fourth-order valence-corrected chi connectivity index (χ4v) is 0.556. The number of rotatable bonds is 4. The second-order valence-electron chi connectivity index (χ2n) is 3.07. The van der Waals surface area contributed by atoms with Gasteiger partial charge in [0.15, 0.2) is 0 Å². The van der Waals surface area contributed by atoms with Gasteiger partial charge in [0, 0.05) is 18.5 Å². The first-order chi connectivity index (χ1) is 4.54. The van der Waals surface area contributed by atoms with E-state index < -0.39 is 0 Å². The number of carbonyl (C=O) groups excluding carboxylic acids is 1. The maximum absolute atomic E-state index is 10.7. The average Bonchev–Trinajstić information content (AvgIpc) is 1.82. The SMILES string of the molecule is C.CC(=O)C(C)CNC(C)C. The largest absolute Gasteiger partial charge is 0.314 e. The van der Waals surface area contributed by atoms with Crippen molar-refractivity contribution in [2.24, 2.45) is 5.92 Å². The summed E-state index contributed by atoms with van der Waals surface area (Å²) in [6.07, 6.45) is 0. The molecule has 0 aromatic rings. The second kappa shape index (κ2) is 6.35. The van der Waals surface area contributed by atoms with Crippen molar-refractivity contribution >= 4 is 5.78 Å². The van der Waals surface area contributed by atoms with E-state index in [-0.39, 0.29) is 19.1 Å². The smallest absolute Gasteiger partial charge is 0.133 e. The molecule has 1 atom stereocenters. The third-order valence-corrected chi connectivity index (χ3v) is 1.53. The zero-order valence-corrected chi connectivity index (χ0v) is 7.27. The molecule has 2 heteroatoms. The van der Waals surface area contributed by atoms with Crippen molar-refractivity contribution in [3.63, 3.8) is 0 Å². The first-order valence-corrected chi connectivity index (χ1v) is 3.78. The minimum atomic E-state index is 0. The molecule has 0 bridgehead atoms. The highest BCUT2D eigenvalue weighted by atomic mass is 16.1. The number of Topliss-reactive ketones (excluding diaryl/α,β-unsaturated/α-hetero) is 1. The third-order valence-electron chi connectivity index (χ3n) is 1.53. The first-order valence-electron chi connectivity index (χ1n) is 3.78. The Kier molecular flexibility index (Phi) is 7.64. The number of ketones is 1. The summed E-state index contributed by atoms with van der Waals surface area (Å²) in [7, 11) is 0. The molecular weight excluding hydrogens is 138 g/mol. The standard InChI is InChI=1S/C8H17NO.CH4/c1-6(2)9-5-7(3)8(4)10;/h6-7,9H,5H2,1-4H3;1H4. The summed E-state index contributed by atoms with van der Waals surface area (Å²) in [5.74, 6) is 0.413. The van der Waals surface area contributed by atoms with Gasteiger partial charge >= 0.3 is 0 Å². The Balaban J connectivity index is 0. The molecular formula is C9H21NO. The minimum absolute atomic E-state index is 0. The van der Waals surface area contributed by atoms with E-state index in [1.54, 1.807) is 6.92 Å². The van der Waals surface area contributed by atoms with Crippen molar-refractivity contribution in [3.8, 4) is 0 Å². The van der Waals surface area contributed by atoms with Crippen LogP contribution in [0.5, 0.6) is 0 Å². The first kappa shape index (κ1) is 13.2. The van der Waals surface area contributed by atoms with Gasteiger partial charge in [-0.3, -0.25) is 4.79 Å². The Morgan fingerprint density at radius 2 is 1.82 bits per heavy atom. The number of nitrogens with one attached hydrogen (secondary N) is 1. The minimum Gasteiger partial charge on any atom is -0.314 e. The lowest BCUT2D eigenvalue weighted by Crippen LogP contribution is -2.30. The van der Waals surface area contributed by atoms with E-state index in [0.29, 0.717) is 6.04 Å². The van der Waals surface area contributed by atoms with Crippen molar-refractivity contribution in [1.29, 1.82) is 0 Å². The molecule has 0 radical (unpaired) electrons. The van der Waals surface area contributed by atoms with Crippen molar-refractivity contribution in [3.05, 3.63) is 0 Å². The van der Waals surface area contributed by atoms with Gasteiger partial charge in [-0.25, -0.2) is 0 Å². The summed E-state index contributed by atoms with van der Waals surface area (Å²) in [5, 5.41) is 3.21. The van der Waals surface area contributed by atoms with E-state index in [1.165, 1.54) is 0 Å². The topological polar surface area (TPSA) is 29.1 Å². The van der Waals surface area contributed by atoms with Crippen LogP contribution in [0.15, 0.2) is 0 Å². The average molecular weight is 159 g/mol. The van der Waals surface area contributed by atoms with E-state index in [9.17, 15) is 4.79 Å². The molecule has 2 nitrogen and oxygen atoms in total. The van der Waals surface area contributed by atoms with Crippen LogP contribution in [0.1, 0.15) is 35.1 Å². The van der Waals surface area contributed by atoms with Gasteiger partial charge in [0.25, 0.3) is 0 Å². The highest BCUT2D eigenvalue weighted by molar-refractivity contribution is 5.78. The molecule has 0 saturated heterocycles. The van der Waals surface area contributed by atoms with Crippen LogP contribution in [0.25, 0.3) is 0 Å². The maximum Gasteiger partial charge on any atom is 0.133 e. The maximum atomic E-state index is 10.7. The molecule has 0 saturated carbocycles. The molecule has 0 aliphatic rings. The van der Waals surface area contributed by atoms with Crippen LogP contribution in [0.3, 0.4) is 0 Å². The molecule has 11 heavy (non-hydrogen) atoms. The van der Waals surface area contributed by atoms with Crippen LogP contribution in [0, 0.1) is 5.92 Å². The summed E-state index contributed by atoms with van der Waals surface area (Å²) in [6, 6.07) is 0.474. The summed E-state index contributed by atoms with van der Waals surface area (Å²) >= 11 is 0. The summed E-state index contributed by atoms with van der Waals surface area (Å²) in [4.78, 5) is 10.7. The molecule has 0 heterocycles. The molecule has 68 valence electrons. The Bertz CT molecular complexity index is 110. The molecule has 0 aliphatic carbocycles. The number of carbonyl (C=O) groups is 1. The lowest BCUT2D eigenvalue weighted by atomic mass is 10.1. The molecule has 0 aromatic heterocycles. The summed E-state index contributed by atoms with van der Waals surface area (Å²) in [5.41, 5.74) is 0. The molecule has 0 rings (SSSR count). The number of hydrogen-bond donors (Lipinski definition) is 1. The van der Waals surface area contributed by atoms with E-state index in [1.807, 2.05) is 6.92 Å². The summed E-state index contributed by atoms with van der Waals surface area (Å²) < 4.78 is 0. The van der Waals surface area contributed by atoms with Gasteiger partial charge in [0.1, 0.15) is 5.78 Å². The van der Waals surface area contributed by atoms with Crippen molar-refractivity contribution in [2.75, 3.05) is 6.54 Å². The van der Waals surface area contributed by atoms with Gasteiger partial charge in [-0.05, 0) is 6.92 Å². The predicted octanol–water partition coefficient (Wildman–Crippen LogP) is 1.85. The van der Waals surface area contributed by atoms with Crippen LogP contribution in [0.4, 0.5) is 0 Å². The molecule has 0 amide bonds. The van der Waals surface area contributed by atoms with Gasteiger partial charge < -0.3 is 5.32 Å². The quantitative estimate of drug-likeness (QED) is 0.678. The highest BCUT2D eigenvalue weighted by Gasteiger charge is 2.06. The normalized spacial score (nSPS) is 12.5. The van der Waals surface area contributed by atoms with Gasteiger partial charge in [0.2, 0.25) is 0 Å². The lowest BCUT2D eigenvalue weighted by Gasteiger charge is -2.11. The van der Waals surface area contributed by atoms with E-state index >= 15 is 0 Å². The number of hydrogen-bond acceptors (Lipinski definition) is 2.